The Kier molecular flexibility index (Phi) is 8.99. The molecule has 1 fully saturated rings. The van der Waals surface area contributed by atoms with Crippen LogP contribution in [-0.2, 0) is 14.4 Å². The van der Waals surface area contributed by atoms with Crippen LogP contribution < -0.4 is 25.0 Å². The van der Waals surface area contributed by atoms with Crippen LogP contribution >= 0.6 is 34.8 Å². The van der Waals surface area contributed by atoms with Crippen LogP contribution in [0.4, 0.5) is 16.2 Å². The van der Waals surface area contributed by atoms with Gasteiger partial charge in [-0.15, -0.1) is 0 Å². The maximum absolute atomic E-state index is 13.2. The zero-order valence-electron chi connectivity index (χ0n) is 21.2. The van der Waals surface area contributed by atoms with Crippen LogP contribution in [0.25, 0.3) is 6.08 Å². The van der Waals surface area contributed by atoms with Gasteiger partial charge in [-0.05, 0) is 79.6 Å². The minimum absolute atomic E-state index is 0.0685. The smallest absolute Gasteiger partial charge is 0.335 e. The van der Waals surface area contributed by atoms with Gasteiger partial charge in [0.2, 0.25) is 0 Å². The molecule has 1 saturated heterocycles. The molecule has 0 radical (unpaired) electrons. The fourth-order valence-corrected chi connectivity index (χ4v) is 4.30. The van der Waals surface area contributed by atoms with Gasteiger partial charge in [0.15, 0.2) is 18.1 Å². The minimum atomic E-state index is -0.902. The average molecular weight is 603 g/mol. The number of hydrogen-bond acceptors (Lipinski definition) is 6. The lowest BCUT2D eigenvalue weighted by Gasteiger charge is -2.26. The standard InChI is InChI=1S/C28H22Cl3N3O6/c1-3-39-23-12-16(11-22(31)25(23)40-14-24(35)32-18-7-5-17(29)6-8-18)10-20-26(36)33-28(38)34(27(20)37)19-9-4-15(2)21(30)13-19/h4-13H,3,14H2,1-2H3,(H,32,35)(H,33,36,38)/b20-10+. The summed E-state index contributed by atoms with van der Waals surface area (Å²) in [7, 11) is 0. The monoisotopic (exact) mass is 601 g/mol. The van der Waals surface area contributed by atoms with Gasteiger partial charge in [-0.25, -0.2) is 9.69 Å². The average Bonchev–Trinajstić information content (AvgIpc) is 2.89. The molecule has 0 saturated carbocycles. The number of urea groups is 1. The number of halogens is 3. The molecular weight excluding hydrogens is 581 g/mol. The number of carbonyl (C=O) groups excluding carboxylic acids is 4. The Morgan fingerprint density at radius 1 is 0.975 bits per heavy atom. The number of aryl methyl sites for hydroxylation is 1. The van der Waals surface area contributed by atoms with Crippen molar-refractivity contribution in [2.75, 3.05) is 23.4 Å². The number of nitrogens with one attached hydrogen (secondary N) is 2. The molecule has 0 spiro atoms. The number of hydrogen-bond donors (Lipinski definition) is 2. The van der Waals surface area contributed by atoms with Gasteiger partial charge in [0.1, 0.15) is 5.57 Å². The predicted octanol–water partition coefficient (Wildman–Crippen LogP) is 6.04. The Hall–Kier alpha value is -4.05. The Bertz CT molecular complexity index is 1540. The van der Waals surface area contributed by atoms with E-state index < -0.39 is 23.8 Å². The van der Waals surface area contributed by atoms with Gasteiger partial charge in [-0.1, -0.05) is 40.9 Å². The molecule has 4 rings (SSSR count). The third-order valence-corrected chi connectivity index (χ3v) is 6.57. The van der Waals surface area contributed by atoms with Crippen LogP contribution in [0.2, 0.25) is 15.1 Å². The number of carbonyl (C=O) groups is 4. The van der Waals surface area contributed by atoms with E-state index in [2.05, 4.69) is 10.6 Å². The molecule has 0 atom stereocenters. The van der Waals surface area contributed by atoms with Gasteiger partial charge in [-0.3, -0.25) is 19.7 Å². The second kappa shape index (κ2) is 12.4. The molecule has 3 aromatic carbocycles. The highest BCUT2D eigenvalue weighted by Gasteiger charge is 2.37. The Labute approximate surface area is 244 Å². The molecule has 2 N–H and O–H groups in total. The summed E-state index contributed by atoms with van der Waals surface area (Å²) in [5.74, 6) is -1.89. The second-order valence-corrected chi connectivity index (χ2v) is 9.75. The van der Waals surface area contributed by atoms with Crippen molar-refractivity contribution >= 4 is 76.0 Å². The van der Waals surface area contributed by atoms with Crippen molar-refractivity contribution in [3.05, 3.63) is 86.4 Å². The van der Waals surface area contributed by atoms with Crippen molar-refractivity contribution in [1.29, 1.82) is 0 Å². The number of amides is 5. The molecular formula is C28H22Cl3N3O6. The second-order valence-electron chi connectivity index (χ2n) is 8.50. The topological polar surface area (TPSA) is 114 Å². The number of imide groups is 2. The highest BCUT2D eigenvalue weighted by atomic mass is 35.5. The zero-order chi connectivity index (χ0) is 29.0. The van der Waals surface area contributed by atoms with Crippen LogP contribution in [0.1, 0.15) is 18.1 Å². The Morgan fingerprint density at radius 3 is 2.38 bits per heavy atom. The van der Waals surface area contributed by atoms with Gasteiger partial charge in [0, 0.05) is 15.7 Å². The van der Waals surface area contributed by atoms with Crippen molar-refractivity contribution in [2.45, 2.75) is 13.8 Å². The molecule has 40 heavy (non-hydrogen) atoms. The predicted molar refractivity (Wildman–Crippen MR) is 153 cm³/mol. The largest absolute Gasteiger partial charge is 0.490 e. The number of benzene rings is 3. The lowest BCUT2D eigenvalue weighted by Crippen LogP contribution is -2.54. The lowest BCUT2D eigenvalue weighted by atomic mass is 10.1. The molecule has 12 heteroatoms. The molecule has 0 aliphatic carbocycles. The number of nitrogens with zero attached hydrogens (tertiary/aromatic N) is 1. The molecule has 206 valence electrons. The number of ether oxygens (including phenoxy) is 2. The van der Waals surface area contributed by atoms with Crippen LogP contribution in [0.3, 0.4) is 0 Å². The molecule has 3 aromatic rings. The Balaban J connectivity index is 1.58. The lowest BCUT2D eigenvalue weighted by molar-refractivity contribution is -0.122. The summed E-state index contributed by atoms with van der Waals surface area (Å²) >= 11 is 18.5. The summed E-state index contributed by atoms with van der Waals surface area (Å²) in [4.78, 5) is 51.6. The quantitative estimate of drug-likeness (QED) is 0.240. The highest BCUT2D eigenvalue weighted by Crippen LogP contribution is 2.38. The van der Waals surface area contributed by atoms with E-state index in [0.29, 0.717) is 21.3 Å². The van der Waals surface area contributed by atoms with E-state index in [1.807, 2.05) is 0 Å². The fourth-order valence-electron chi connectivity index (χ4n) is 3.72. The molecule has 0 unspecified atom stereocenters. The summed E-state index contributed by atoms with van der Waals surface area (Å²) in [5.41, 5.74) is 1.49. The number of barbiturate groups is 1. The molecule has 1 aliphatic rings. The zero-order valence-corrected chi connectivity index (χ0v) is 23.5. The first kappa shape index (κ1) is 28.9. The molecule has 1 aliphatic heterocycles. The fraction of sp³-hybridized carbons (Fsp3) is 0.143. The summed E-state index contributed by atoms with van der Waals surface area (Å²) in [5, 5.41) is 5.79. The highest BCUT2D eigenvalue weighted by molar-refractivity contribution is 6.40. The Morgan fingerprint density at radius 2 is 1.70 bits per heavy atom. The van der Waals surface area contributed by atoms with Crippen molar-refractivity contribution in [2.24, 2.45) is 0 Å². The van der Waals surface area contributed by atoms with Crippen molar-refractivity contribution in [3.8, 4) is 11.5 Å². The maximum atomic E-state index is 13.2. The van der Waals surface area contributed by atoms with E-state index in [4.69, 9.17) is 44.3 Å². The van der Waals surface area contributed by atoms with E-state index >= 15 is 0 Å². The maximum Gasteiger partial charge on any atom is 0.335 e. The van der Waals surface area contributed by atoms with Crippen molar-refractivity contribution in [1.82, 2.24) is 5.32 Å². The van der Waals surface area contributed by atoms with Crippen LogP contribution in [-0.4, -0.2) is 37.0 Å². The van der Waals surface area contributed by atoms with E-state index in [0.717, 1.165) is 10.5 Å². The first-order valence-corrected chi connectivity index (χ1v) is 13.0. The van der Waals surface area contributed by atoms with Crippen LogP contribution in [0, 0.1) is 6.92 Å². The van der Waals surface area contributed by atoms with E-state index in [1.54, 1.807) is 50.2 Å². The number of rotatable bonds is 8. The normalized spacial score (nSPS) is 14.3. The van der Waals surface area contributed by atoms with Crippen molar-refractivity contribution in [3.63, 3.8) is 0 Å². The molecule has 0 bridgehead atoms. The van der Waals surface area contributed by atoms with Gasteiger partial charge in [-0.2, -0.15) is 0 Å². The minimum Gasteiger partial charge on any atom is -0.490 e. The van der Waals surface area contributed by atoms with E-state index in [-0.39, 0.29) is 41.0 Å². The van der Waals surface area contributed by atoms with Gasteiger partial charge in [0.05, 0.1) is 17.3 Å². The molecule has 0 aromatic heterocycles. The molecule has 9 nitrogen and oxygen atoms in total. The SMILES string of the molecule is CCOc1cc(/C=C2\C(=O)NC(=O)N(c3ccc(C)c(Cl)c3)C2=O)cc(Cl)c1OCC(=O)Nc1ccc(Cl)cc1. The summed E-state index contributed by atoms with van der Waals surface area (Å²) in [6, 6.07) is 13.3. The van der Waals surface area contributed by atoms with Crippen LogP contribution in [0.5, 0.6) is 11.5 Å². The molecule has 1 heterocycles. The van der Waals surface area contributed by atoms with Crippen LogP contribution in [0.15, 0.2) is 60.2 Å². The third kappa shape index (κ3) is 6.56. The molecule has 5 amide bonds. The van der Waals surface area contributed by atoms with Gasteiger partial charge >= 0.3 is 6.03 Å². The van der Waals surface area contributed by atoms with E-state index in [9.17, 15) is 19.2 Å². The number of anilines is 2. The van der Waals surface area contributed by atoms with Crippen molar-refractivity contribution < 1.29 is 28.7 Å². The van der Waals surface area contributed by atoms with E-state index in [1.165, 1.54) is 24.3 Å². The summed E-state index contributed by atoms with van der Waals surface area (Å²) in [6.45, 7) is 3.38. The first-order chi connectivity index (χ1) is 19.1. The summed E-state index contributed by atoms with van der Waals surface area (Å²) in [6.07, 6.45) is 1.28. The van der Waals surface area contributed by atoms with Gasteiger partial charge < -0.3 is 14.8 Å². The first-order valence-electron chi connectivity index (χ1n) is 11.9. The third-order valence-electron chi connectivity index (χ3n) is 5.63. The van der Waals surface area contributed by atoms with Gasteiger partial charge in [0.25, 0.3) is 17.7 Å². The summed E-state index contributed by atoms with van der Waals surface area (Å²) < 4.78 is 11.3.